The van der Waals surface area contributed by atoms with Gasteiger partial charge in [0.05, 0.1) is 5.38 Å². The van der Waals surface area contributed by atoms with Crippen molar-refractivity contribution in [2.24, 2.45) is 0 Å². The summed E-state index contributed by atoms with van der Waals surface area (Å²) < 4.78 is 5.81. The van der Waals surface area contributed by atoms with Crippen molar-refractivity contribution in [3.05, 3.63) is 58.0 Å². The van der Waals surface area contributed by atoms with Crippen molar-refractivity contribution in [3.8, 4) is 0 Å². The van der Waals surface area contributed by atoms with E-state index in [1.165, 1.54) is 11.1 Å². The van der Waals surface area contributed by atoms with Crippen molar-refractivity contribution in [1.29, 1.82) is 0 Å². The number of rotatable bonds is 3. The number of hydrogen-bond donors (Lipinski definition) is 0. The molecule has 3 aromatic rings. The Kier molecular flexibility index (Phi) is 3.14. The van der Waals surface area contributed by atoms with E-state index in [4.69, 9.17) is 16.0 Å². The van der Waals surface area contributed by atoms with Gasteiger partial charge in [0.15, 0.2) is 0 Å². The Morgan fingerprint density at radius 2 is 2.17 bits per heavy atom. The van der Waals surface area contributed by atoms with Crippen LogP contribution in [0, 0.1) is 6.92 Å². The van der Waals surface area contributed by atoms with Crippen LogP contribution in [0.1, 0.15) is 22.3 Å². The summed E-state index contributed by atoms with van der Waals surface area (Å²) in [5.74, 6) is 0.850. The van der Waals surface area contributed by atoms with Crippen molar-refractivity contribution < 1.29 is 4.42 Å². The first-order valence-corrected chi connectivity index (χ1v) is 7.25. The zero-order valence-electron chi connectivity index (χ0n) is 10.0. The molecule has 1 unspecified atom stereocenters. The highest BCUT2D eigenvalue weighted by Gasteiger charge is 2.14. The SMILES string of the molecule is Cc1ccc2oc(C(Cl)Cc3ccsc3)cc2c1. The highest BCUT2D eigenvalue weighted by molar-refractivity contribution is 7.07. The molecular weight excluding hydrogens is 264 g/mol. The summed E-state index contributed by atoms with van der Waals surface area (Å²) in [6.07, 6.45) is 0.809. The summed E-state index contributed by atoms with van der Waals surface area (Å²) in [6.45, 7) is 2.08. The van der Waals surface area contributed by atoms with Gasteiger partial charge in [0.25, 0.3) is 0 Å². The molecule has 1 aromatic carbocycles. The molecule has 18 heavy (non-hydrogen) atoms. The molecule has 0 amide bonds. The largest absolute Gasteiger partial charge is 0.459 e. The summed E-state index contributed by atoms with van der Waals surface area (Å²) in [5, 5.41) is 5.22. The van der Waals surface area contributed by atoms with E-state index in [0.717, 1.165) is 23.2 Å². The Labute approximate surface area is 115 Å². The second-order valence-corrected chi connectivity index (χ2v) is 5.80. The monoisotopic (exact) mass is 276 g/mol. The van der Waals surface area contributed by atoms with E-state index in [1.807, 2.05) is 12.1 Å². The van der Waals surface area contributed by atoms with E-state index >= 15 is 0 Å². The smallest absolute Gasteiger partial charge is 0.134 e. The zero-order valence-corrected chi connectivity index (χ0v) is 11.6. The van der Waals surface area contributed by atoms with E-state index in [9.17, 15) is 0 Å². The van der Waals surface area contributed by atoms with Gasteiger partial charge in [-0.3, -0.25) is 0 Å². The number of benzene rings is 1. The molecule has 0 aliphatic rings. The van der Waals surface area contributed by atoms with Crippen molar-refractivity contribution in [1.82, 2.24) is 0 Å². The summed E-state index contributed by atoms with van der Waals surface area (Å²) in [7, 11) is 0. The fourth-order valence-corrected chi connectivity index (χ4v) is 3.02. The van der Waals surface area contributed by atoms with Gasteiger partial charge >= 0.3 is 0 Å². The van der Waals surface area contributed by atoms with Gasteiger partial charge in [-0.05, 0) is 53.9 Å². The maximum atomic E-state index is 6.42. The van der Waals surface area contributed by atoms with Gasteiger partial charge in [0, 0.05) is 5.39 Å². The number of hydrogen-bond acceptors (Lipinski definition) is 2. The Bertz CT molecular complexity index is 654. The lowest BCUT2D eigenvalue weighted by molar-refractivity contribution is 0.540. The first kappa shape index (κ1) is 11.8. The van der Waals surface area contributed by atoms with Crippen LogP contribution in [0.25, 0.3) is 11.0 Å². The third-order valence-corrected chi connectivity index (χ3v) is 4.10. The summed E-state index contributed by atoms with van der Waals surface area (Å²) in [4.78, 5) is 0. The number of fused-ring (bicyclic) bond motifs is 1. The standard InChI is InChI=1S/C15H13ClOS/c1-10-2-3-14-12(6-10)8-15(17-14)13(16)7-11-4-5-18-9-11/h2-6,8-9,13H,7H2,1H3. The van der Waals surface area contributed by atoms with Crippen LogP contribution >= 0.6 is 22.9 Å². The first-order valence-electron chi connectivity index (χ1n) is 5.87. The molecular formula is C15H13ClOS. The van der Waals surface area contributed by atoms with Crippen LogP contribution in [0.5, 0.6) is 0 Å². The number of furan rings is 1. The number of thiophene rings is 1. The zero-order chi connectivity index (χ0) is 12.5. The molecule has 0 aliphatic heterocycles. The predicted molar refractivity (Wildman–Crippen MR) is 77.6 cm³/mol. The molecule has 0 N–H and O–H groups in total. The minimum atomic E-state index is -0.104. The quantitative estimate of drug-likeness (QED) is 0.590. The van der Waals surface area contributed by atoms with Crippen molar-refractivity contribution in [2.45, 2.75) is 18.7 Å². The molecule has 0 bridgehead atoms. The van der Waals surface area contributed by atoms with Gasteiger partial charge in [-0.1, -0.05) is 11.6 Å². The van der Waals surface area contributed by atoms with Gasteiger partial charge in [0.1, 0.15) is 11.3 Å². The summed E-state index contributed by atoms with van der Waals surface area (Å²) in [6, 6.07) is 10.3. The van der Waals surface area contributed by atoms with Crippen LogP contribution in [-0.2, 0) is 6.42 Å². The van der Waals surface area contributed by atoms with Gasteiger partial charge in [-0.2, -0.15) is 11.3 Å². The fourth-order valence-electron chi connectivity index (χ4n) is 2.05. The second kappa shape index (κ2) is 4.79. The van der Waals surface area contributed by atoms with Gasteiger partial charge in [0.2, 0.25) is 0 Å². The Morgan fingerprint density at radius 3 is 2.94 bits per heavy atom. The molecule has 1 atom stereocenters. The van der Waals surface area contributed by atoms with E-state index in [1.54, 1.807) is 11.3 Å². The number of aryl methyl sites for hydroxylation is 1. The third kappa shape index (κ3) is 2.31. The molecule has 0 saturated heterocycles. The van der Waals surface area contributed by atoms with Crippen LogP contribution in [0.2, 0.25) is 0 Å². The van der Waals surface area contributed by atoms with Crippen LogP contribution < -0.4 is 0 Å². The Balaban J connectivity index is 1.89. The molecule has 0 aliphatic carbocycles. The molecule has 0 saturated carbocycles. The molecule has 3 rings (SSSR count). The van der Waals surface area contributed by atoms with E-state index < -0.39 is 0 Å². The van der Waals surface area contributed by atoms with Crippen molar-refractivity contribution in [2.75, 3.05) is 0 Å². The lowest BCUT2D eigenvalue weighted by Crippen LogP contribution is -1.92. The molecule has 92 valence electrons. The van der Waals surface area contributed by atoms with Crippen LogP contribution in [0.15, 0.2) is 45.5 Å². The first-order chi connectivity index (χ1) is 8.72. The van der Waals surface area contributed by atoms with E-state index in [0.29, 0.717) is 0 Å². The normalized spacial score (nSPS) is 13.0. The molecule has 1 nitrogen and oxygen atoms in total. The van der Waals surface area contributed by atoms with Crippen LogP contribution in [0.4, 0.5) is 0 Å². The van der Waals surface area contributed by atoms with E-state index in [2.05, 4.69) is 35.9 Å². The predicted octanol–water partition coefficient (Wildman–Crippen LogP) is 5.33. The third-order valence-electron chi connectivity index (χ3n) is 2.99. The van der Waals surface area contributed by atoms with Crippen molar-refractivity contribution >= 4 is 33.9 Å². The Hall–Kier alpha value is -1.25. The van der Waals surface area contributed by atoms with Gasteiger partial charge < -0.3 is 4.42 Å². The average molecular weight is 277 g/mol. The van der Waals surface area contributed by atoms with E-state index in [-0.39, 0.29) is 5.38 Å². The molecule has 0 radical (unpaired) electrons. The maximum absolute atomic E-state index is 6.42. The minimum absolute atomic E-state index is 0.104. The lowest BCUT2D eigenvalue weighted by atomic mass is 10.1. The molecule has 2 heterocycles. The molecule has 2 aromatic heterocycles. The number of alkyl halides is 1. The van der Waals surface area contributed by atoms with Crippen LogP contribution in [0.3, 0.4) is 0 Å². The highest BCUT2D eigenvalue weighted by atomic mass is 35.5. The van der Waals surface area contributed by atoms with Gasteiger partial charge in [-0.15, -0.1) is 11.6 Å². The highest BCUT2D eigenvalue weighted by Crippen LogP contribution is 2.31. The molecule has 0 fully saturated rings. The second-order valence-electron chi connectivity index (χ2n) is 4.49. The molecule has 3 heteroatoms. The van der Waals surface area contributed by atoms with Crippen molar-refractivity contribution in [3.63, 3.8) is 0 Å². The average Bonchev–Trinajstić information content (AvgIpc) is 2.96. The topological polar surface area (TPSA) is 13.1 Å². The minimum Gasteiger partial charge on any atom is -0.459 e. The number of halogens is 1. The Morgan fingerprint density at radius 1 is 1.28 bits per heavy atom. The summed E-state index contributed by atoms with van der Waals surface area (Å²) >= 11 is 8.11. The van der Waals surface area contributed by atoms with Crippen LogP contribution in [-0.4, -0.2) is 0 Å². The van der Waals surface area contributed by atoms with Gasteiger partial charge in [-0.25, -0.2) is 0 Å². The lowest BCUT2D eigenvalue weighted by Gasteiger charge is -2.03. The fraction of sp³-hybridized carbons (Fsp3) is 0.200. The maximum Gasteiger partial charge on any atom is 0.134 e. The summed E-state index contributed by atoms with van der Waals surface area (Å²) in [5.41, 5.74) is 3.40. The molecule has 0 spiro atoms.